The molecule has 4 amide bonds. The van der Waals surface area contributed by atoms with Crippen LogP contribution in [0.2, 0.25) is 0 Å². The number of benzene rings is 5. The van der Waals surface area contributed by atoms with Gasteiger partial charge >= 0.3 is 5.97 Å². The van der Waals surface area contributed by atoms with Crippen molar-refractivity contribution in [2.45, 2.75) is 70.4 Å². The number of nitrogens with two attached hydrogens (primary N) is 1. The first-order chi connectivity index (χ1) is 41.9. The molecule has 23 nitrogen and oxygen atoms in total. The van der Waals surface area contributed by atoms with Gasteiger partial charge in [-0.25, -0.2) is 9.48 Å². The van der Waals surface area contributed by atoms with E-state index in [-0.39, 0.29) is 118 Å². The number of hydrogen-bond donors (Lipinski definition) is 7. The summed E-state index contributed by atoms with van der Waals surface area (Å²) in [6.45, 7) is 5.41. The monoisotopic (exact) mass is 1190 g/mol. The maximum absolute atomic E-state index is 14.9. The summed E-state index contributed by atoms with van der Waals surface area (Å²) < 4.78 is 33.0. The minimum absolute atomic E-state index is 0.00179. The number of aryl methyl sites for hydroxylation is 2. The van der Waals surface area contributed by atoms with E-state index in [9.17, 15) is 54.0 Å². The highest BCUT2D eigenvalue weighted by Crippen LogP contribution is 2.40. The Hall–Kier alpha value is -9.20. The lowest BCUT2D eigenvalue weighted by Crippen LogP contribution is -2.61. The summed E-state index contributed by atoms with van der Waals surface area (Å²) in [7, 11) is 1.74. The van der Waals surface area contributed by atoms with Crippen molar-refractivity contribution >= 4 is 57.7 Å². The number of hydrogen-bond acceptors (Lipinski definition) is 16. The van der Waals surface area contributed by atoms with E-state index in [4.69, 9.17) is 29.4 Å². The molecule has 1 fully saturated rings. The molecule has 0 unspecified atom stereocenters. The average molecular weight is 1190 g/mol. The van der Waals surface area contributed by atoms with Crippen molar-refractivity contribution in [2.75, 3.05) is 63.8 Å². The highest BCUT2D eigenvalue weighted by molar-refractivity contribution is 6.25. The Bertz CT molecular complexity index is 3880. The van der Waals surface area contributed by atoms with Gasteiger partial charge in [-0.2, -0.15) is 4.57 Å². The lowest BCUT2D eigenvalue weighted by atomic mass is 9.91. The number of fused-ring (bicyclic) bond motifs is 1. The molecular formula is C64H66N7O16+. The maximum atomic E-state index is 14.9. The second-order valence-corrected chi connectivity index (χ2v) is 21.3. The van der Waals surface area contributed by atoms with Crippen LogP contribution in [0.25, 0.3) is 39.0 Å². The summed E-state index contributed by atoms with van der Waals surface area (Å²) in [6.07, 6.45) is -9.29. The molecule has 10 rings (SSSR count). The van der Waals surface area contributed by atoms with E-state index in [1.807, 2.05) is 103 Å². The van der Waals surface area contributed by atoms with Gasteiger partial charge in [0.15, 0.2) is 18.3 Å². The standard InChI is InChI=1S/C64H65N7O16/c1-36-14-19-43(55(74)52-54(39-10-6-4-7-11-39)68(3)71(62(52)80)42-12-8-5-9-13-42)53(65)51(36)41-18-20-47-40(33-41)17-15-37(2)70(47)35-38-16-21-48(86-64-58(77)56(75)57(76)59(87-64)63(81)82)46(32-38)67-50(73)22-24-66-49(72)23-26-83-28-30-85-31-29-84-27-25-69-60(78)44-34-45(44)61(69)79/h4-21,32-33,56-59,64,75-77H,22-31,34-35H2,1-3H3,(H4-,65,66,67,72,73,74,81,82)/p+1/t56-,57-,58+,59-,64+/m0/s1. The molecule has 8 N–H and O–H groups in total. The first kappa shape index (κ1) is 60.9. The van der Waals surface area contributed by atoms with Crippen LogP contribution < -0.4 is 31.2 Å². The van der Waals surface area contributed by atoms with E-state index >= 15 is 0 Å². The molecule has 452 valence electrons. The second-order valence-electron chi connectivity index (χ2n) is 21.3. The van der Waals surface area contributed by atoms with Gasteiger partial charge < -0.3 is 60.5 Å². The number of para-hydroxylation sites is 1. The summed E-state index contributed by atoms with van der Waals surface area (Å²) in [6, 6.07) is 36.2. The Morgan fingerprint density at radius 3 is 2.10 bits per heavy atom. The first-order valence-electron chi connectivity index (χ1n) is 28.3. The maximum Gasteiger partial charge on any atom is 0.335 e. The molecule has 5 atom stereocenters. The molecule has 2 aromatic heterocycles. The van der Waals surface area contributed by atoms with Gasteiger partial charge in [0.1, 0.15) is 29.6 Å². The number of piperidine rings is 1. The van der Waals surface area contributed by atoms with Crippen LogP contribution in [0.4, 0.5) is 11.4 Å². The predicted octanol–water partition coefficient (Wildman–Crippen LogP) is 3.65. The highest BCUT2D eigenvalue weighted by Gasteiger charge is 2.49. The topological polar surface area (TPSA) is 314 Å². The third-order valence-electron chi connectivity index (χ3n) is 15.4. The summed E-state index contributed by atoms with van der Waals surface area (Å²) >= 11 is 0. The first-order valence-corrected chi connectivity index (χ1v) is 28.3. The average Bonchev–Trinajstić information content (AvgIpc) is 1.70. The molecular weight excluding hydrogens is 1120 g/mol. The number of amides is 4. The number of rotatable bonds is 26. The van der Waals surface area contributed by atoms with Crippen molar-refractivity contribution in [2.24, 2.45) is 7.05 Å². The Morgan fingerprint density at radius 1 is 0.724 bits per heavy atom. The number of carbonyl (C=O) groups excluding carboxylic acids is 5. The van der Waals surface area contributed by atoms with Gasteiger partial charge in [0.2, 0.25) is 29.4 Å². The Balaban J connectivity index is 0.810. The third-order valence-corrected chi connectivity index (χ3v) is 15.4. The quantitative estimate of drug-likeness (QED) is 0.0134. The summed E-state index contributed by atoms with van der Waals surface area (Å²) in [5.41, 5.74) is 14.2. The molecule has 0 saturated carbocycles. The van der Waals surface area contributed by atoms with Crippen LogP contribution in [0.15, 0.2) is 137 Å². The number of carbonyl (C=O) groups is 6. The normalized spacial score (nSPS) is 18.0. The summed E-state index contributed by atoms with van der Waals surface area (Å²) in [5.74, 6) is -3.63. The van der Waals surface area contributed by atoms with Crippen LogP contribution in [0, 0.1) is 13.8 Å². The Morgan fingerprint density at radius 2 is 1.40 bits per heavy atom. The van der Waals surface area contributed by atoms with E-state index < -0.39 is 53.9 Å². The zero-order valence-electron chi connectivity index (χ0n) is 48.0. The number of anilines is 2. The molecule has 3 aliphatic rings. The Kier molecular flexibility index (Phi) is 18.6. The van der Waals surface area contributed by atoms with Crippen molar-refractivity contribution in [3.05, 3.63) is 171 Å². The zero-order chi connectivity index (χ0) is 61.6. The van der Waals surface area contributed by atoms with E-state index in [2.05, 4.69) is 10.6 Å². The van der Waals surface area contributed by atoms with Crippen LogP contribution in [0.3, 0.4) is 0 Å². The minimum atomic E-state index is -1.97. The number of pyridine rings is 1. The van der Waals surface area contributed by atoms with Crippen molar-refractivity contribution in [1.29, 1.82) is 0 Å². The molecule has 0 radical (unpaired) electrons. The SMILES string of the molecule is Cc1ccc(C(=O)c2c(-c3ccccc3)n(C)n(-c3ccccc3)c2=O)c(N)c1-c1ccc2c(ccc(C)[n+]2Cc2ccc(O[C@@H]3O[C@H](C(=O)O)[C@@H](O)[C@H](O)[C@H]3O)c(NC(=O)CCNC(=O)CCOCCOCCOCCN3C(=O)C4=C(C4)C3=O)c2)c1. The fourth-order valence-corrected chi connectivity index (χ4v) is 10.8. The molecule has 87 heavy (non-hydrogen) atoms. The van der Waals surface area contributed by atoms with Gasteiger partial charge in [-0.15, -0.1) is 0 Å². The summed E-state index contributed by atoms with van der Waals surface area (Å²) in [4.78, 5) is 92.7. The highest BCUT2D eigenvalue weighted by atomic mass is 16.7. The molecule has 1 aliphatic carbocycles. The minimum Gasteiger partial charge on any atom is -0.479 e. The van der Waals surface area contributed by atoms with Crippen molar-refractivity contribution in [3.63, 3.8) is 0 Å². The number of carboxylic acids is 1. The molecule has 0 bridgehead atoms. The number of aliphatic carboxylic acids is 1. The number of nitrogen functional groups attached to an aromatic ring is 1. The lowest BCUT2D eigenvalue weighted by molar-refractivity contribution is -0.668. The number of likely N-dealkylation sites (tertiary alicyclic amines) is 1. The predicted molar refractivity (Wildman–Crippen MR) is 316 cm³/mol. The van der Waals surface area contributed by atoms with E-state index in [0.717, 1.165) is 22.2 Å². The third kappa shape index (κ3) is 13.1. The van der Waals surface area contributed by atoms with E-state index in [1.165, 1.54) is 15.6 Å². The van der Waals surface area contributed by atoms with Crippen molar-refractivity contribution in [3.8, 4) is 33.8 Å². The molecule has 0 spiro atoms. The molecule has 23 heteroatoms. The van der Waals surface area contributed by atoms with Crippen LogP contribution in [0.1, 0.15) is 52.0 Å². The van der Waals surface area contributed by atoms with E-state index in [0.29, 0.717) is 51.2 Å². The lowest BCUT2D eigenvalue weighted by Gasteiger charge is -2.38. The number of imide groups is 1. The number of aliphatic hydroxyl groups excluding tert-OH is 3. The fourth-order valence-electron chi connectivity index (χ4n) is 10.8. The smallest absolute Gasteiger partial charge is 0.335 e. The Labute approximate surface area is 498 Å². The van der Waals surface area contributed by atoms with Crippen LogP contribution in [-0.4, -0.2) is 154 Å². The number of ether oxygens (including phenoxy) is 5. The number of nitrogens with zero attached hydrogens (tertiary/aromatic N) is 4. The largest absolute Gasteiger partial charge is 0.479 e. The summed E-state index contributed by atoms with van der Waals surface area (Å²) in [5, 5.41) is 47.7. The van der Waals surface area contributed by atoms with Gasteiger partial charge in [-0.3, -0.25) is 38.3 Å². The number of nitrogens with one attached hydrogen (secondary N) is 2. The molecule has 1 saturated heterocycles. The van der Waals surface area contributed by atoms with Crippen LogP contribution in [-0.2, 0) is 56.5 Å². The number of aromatic nitrogens is 3. The van der Waals surface area contributed by atoms with Gasteiger partial charge in [0.05, 0.1) is 68.9 Å². The van der Waals surface area contributed by atoms with Crippen LogP contribution >= 0.6 is 0 Å². The number of carboxylic acid groups (broad SMARTS) is 1. The van der Waals surface area contributed by atoms with Gasteiger partial charge in [0.25, 0.3) is 17.4 Å². The van der Waals surface area contributed by atoms with Crippen LogP contribution in [0.5, 0.6) is 5.75 Å². The molecule has 7 aromatic rings. The number of aliphatic hydroxyl groups is 3. The number of ketones is 1. The molecule has 5 aromatic carbocycles. The zero-order valence-corrected chi connectivity index (χ0v) is 48.0. The van der Waals surface area contributed by atoms with Gasteiger partial charge in [-0.05, 0) is 72.6 Å². The fraction of sp³-hybridized carbons (Fsp3) is 0.312. The van der Waals surface area contributed by atoms with Crippen molar-refractivity contribution < 1.29 is 77.4 Å². The van der Waals surface area contributed by atoms with Gasteiger partial charge in [0, 0.05) is 90.7 Å². The molecule has 2 aliphatic heterocycles. The van der Waals surface area contributed by atoms with Gasteiger partial charge in [-0.1, -0.05) is 54.6 Å². The second kappa shape index (κ2) is 26.6. The van der Waals surface area contributed by atoms with Crippen molar-refractivity contribution in [1.82, 2.24) is 19.6 Å². The van der Waals surface area contributed by atoms with E-state index in [1.54, 1.807) is 42.1 Å². The molecule has 4 heterocycles.